The average Bonchev–Trinajstić information content (AvgIpc) is 3.13. The van der Waals surface area contributed by atoms with Crippen molar-refractivity contribution in [3.05, 3.63) is 42.6 Å². The van der Waals surface area contributed by atoms with E-state index in [0.717, 1.165) is 31.1 Å². The van der Waals surface area contributed by atoms with Crippen LogP contribution in [0.3, 0.4) is 0 Å². The first-order chi connectivity index (χ1) is 14.8. The second-order valence-corrected chi connectivity index (χ2v) is 8.83. The van der Waals surface area contributed by atoms with Crippen molar-refractivity contribution in [1.82, 2.24) is 25.1 Å². The van der Waals surface area contributed by atoms with Crippen LogP contribution in [0.2, 0.25) is 0 Å². The second kappa shape index (κ2) is 8.49. The van der Waals surface area contributed by atoms with Gasteiger partial charge in [-0.1, -0.05) is 6.07 Å². The first-order valence-corrected chi connectivity index (χ1v) is 10.5. The minimum Gasteiger partial charge on any atom is -0.444 e. The molecule has 4 rings (SSSR count). The lowest BCUT2D eigenvalue weighted by Crippen LogP contribution is -2.42. The molecule has 2 N–H and O–H groups in total. The molecule has 1 aliphatic carbocycles. The maximum Gasteiger partial charge on any atom is 0.407 e. The van der Waals surface area contributed by atoms with Crippen molar-refractivity contribution in [2.24, 2.45) is 0 Å². The van der Waals surface area contributed by atoms with Crippen LogP contribution in [0.25, 0.3) is 16.7 Å². The van der Waals surface area contributed by atoms with Gasteiger partial charge >= 0.3 is 6.09 Å². The van der Waals surface area contributed by atoms with Gasteiger partial charge < -0.3 is 15.4 Å². The summed E-state index contributed by atoms with van der Waals surface area (Å²) in [6.07, 6.45) is 6.30. The maximum absolute atomic E-state index is 13.6. The Morgan fingerprint density at radius 1 is 1.16 bits per heavy atom. The van der Waals surface area contributed by atoms with Gasteiger partial charge in [0, 0.05) is 12.1 Å². The second-order valence-electron chi connectivity index (χ2n) is 8.83. The SMILES string of the molecule is CC(C)(C)OC(=O)N[C@H]1CC[C@@H](Nc2ncnc3c2cnn3-c2cccc(F)c2)CC1. The average molecular weight is 426 g/mol. The number of aromatic nitrogens is 4. The molecule has 1 saturated carbocycles. The molecule has 0 aliphatic heterocycles. The minimum atomic E-state index is -0.503. The topological polar surface area (TPSA) is 94.0 Å². The van der Waals surface area contributed by atoms with Gasteiger partial charge in [0.05, 0.1) is 17.3 Å². The molecule has 2 aromatic heterocycles. The lowest BCUT2D eigenvalue weighted by molar-refractivity contribution is 0.0492. The van der Waals surface area contributed by atoms with Crippen LogP contribution in [0.1, 0.15) is 46.5 Å². The van der Waals surface area contributed by atoms with E-state index in [9.17, 15) is 9.18 Å². The molecule has 9 heteroatoms. The lowest BCUT2D eigenvalue weighted by atomic mass is 9.91. The zero-order valence-corrected chi connectivity index (χ0v) is 17.9. The van der Waals surface area contributed by atoms with Crippen LogP contribution >= 0.6 is 0 Å². The summed E-state index contributed by atoms with van der Waals surface area (Å²) in [5.74, 6) is 0.376. The van der Waals surface area contributed by atoms with E-state index in [2.05, 4.69) is 25.7 Å². The fraction of sp³-hybridized carbons (Fsp3) is 0.455. The molecule has 0 spiro atoms. The number of ether oxygens (including phenoxy) is 1. The molecule has 164 valence electrons. The van der Waals surface area contributed by atoms with Crippen LogP contribution < -0.4 is 10.6 Å². The largest absolute Gasteiger partial charge is 0.444 e. The van der Waals surface area contributed by atoms with Crippen molar-refractivity contribution in [2.45, 2.75) is 64.1 Å². The molecule has 0 atom stereocenters. The number of fused-ring (bicyclic) bond motifs is 1. The molecule has 0 unspecified atom stereocenters. The molecule has 0 radical (unpaired) electrons. The van der Waals surface area contributed by atoms with Crippen molar-refractivity contribution >= 4 is 22.9 Å². The smallest absolute Gasteiger partial charge is 0.407 e. The van der Waals surface area contributed by atoms with Gasteiger partial charge in [0.2, 0.25) is 0 Å². The van der Waals surface area contributed by atoms with E-state index in [4.69, 9.17) is 4.74 Å². The molecule has 31 heavy (non-hydrogen) atoms. The van der Waals surface area contributed by atoms with Crippen molar-refractivity contribution in [1.29, 1.82) is 0 Å². The summed E-state index contributed by atoms with van der Waals surface area (Å²) in [6, 6.07) is 6.57. The molecule has 8 nitrogen and oxygen atoms in total. The normalized spacial score (nSPS) is 19.2. The van der Waals surface area contributed by atoms with Gasteiger partial charge in [-0.3, -0.25) is 0 Å². The van der Waals surface area contributed by atoms with E-state index in [1.165, 1.54) is 18.5 Å². The highest BCUT2D eigenvalue weighted by Gasteiger charge is 2.25. The molecule has 1 amide bonds. The van der Waals surface area contributed by atoms with E-state index >= 15 is 0 Å². The summed E-state index contributed by atoms with van der Waals surface area (Å²) < 4.78 is 20.6. The predicted octanol–water partition coefficient (Wildman–Crippen LogP) is 4.20. The molecular formula is C22H27FN6O2. The Balaban J connectivity index is 1.41. The molecule has 1 aliphatic rings. The number of nitrogens with zero attached hydrogens (tertiary/aromatic N) is 4. The Morgan fingerprint density at radius 2 is 1.90 bits per heavy atom. The lowest BCUT2D eigenvalue weighted by Gasteiger charge is -2.30. The number of halogens is 1. The van der Waals surface area contributed by atoms with E-state index in [1.54, 1.807) is 23.0 Å². The summed E-state index contributed by atoms with van der Waals surface area (Å²) in [5, 5.41) is 11.6. The van der Waals surface area contributed by atoms with E-state index in [1.807, 2.05) is 20.8 Å². The molecule has 1 fully saturated rings. The van der Waals surface area contributed by atoms with Gasteiger partial charge in [-0.05, 0) is 64.7 Å². The number of hydrogen-bond acceptors (Lipinski definition) is 6. The quantitative estimate of drug-likeness (QED) is 0.649. The van der Waals surface area contributed by atoms with Crippen molar-refractivity contribution in [3.63, 3.8) is 0 Å². The number of benzene rings is 1. The molecule has 0 saturated heterocycles. The van der Waals surface area contributed by atoms with Gasteiger partial charge in [-0.15, -0.1) is 0 Å². The maximum atomic E-state index is 13.6. The third-order valence-electron chi connectivity index (χ3n) is 5.21. The summed E-state index contributed by atoms with van der Waals surface area (Å²) in [6.45, 7) is 5.56. The molecule has 0 bridgehead atoms. The first kappa shape index (κ1) is 21.0. The third-order valence-corrected chi connectivity index (χ3v) is 5.21. The van der Waals surface area contributed by atoms with Gasteiger partial charge in [-0.2, -0.15) is 5.10 Å². The number of rotatable bonds is 4. The molecule has 3 aromatic rings. The first-order valence-electron chi connectivity index (χ1n) is 10.5. The number of alkyl carbamates (subject to hydrolysis) is 1. The van der Waals surface area contributed by atoms with Gasteiger partial charge in [0.25, 0.3) is 0 Å². The highest BCUT2D eigenvalue weighted by Crippen LogP contribution is 2.26. The zero-order valence-electron chi connectivity index (χ0n) is 17.9. The Morgan fingerprint density at radius 3 is 2.61 bits per heavy atom. The standard InChI is InChI=1S/C22H27FN6O2/c1-22(2,3)31-21(30)28-16-9-7-15(8-10-16)27-19-18-12-26-29(20(18)25-13-24-19)17-6-4-5-14(23)11-17/h4-6,11-13,15-16H,7-10H2,1-3H3,(H,28,30)(H,24,25,27)/t15-,16+. The van der Waals surface area contributed by atoms with Gasteiger partial charge in [-0.25, -0.2) is 23.8 Å². The molecule has 2 heterocycles. The van der Waals surface area contributed by atoms with Gasteiger partial charge in [0.1, 0.15) is 23.6 Å². The third kappa shape index (κ3) is 5.10. The van der Waals surface area contributed by atoms with E-state index in [0.29, 0.717) is 17.2 Å². The number of amides is 1. The summed E-state index contributed by atoms with van der Waals surface area (Å²) in [4.78, 5) is 20.7. The van der Waals surface area contributed by atoms with E-state index in [-0.39, 0.29) is 24.0 Å². The Labute approximate surface area is 180 Å². The zero-order chi connectivity index (χ0) is 22.0. The van der Waals surface area contributed by atoms with Crippen LogP contribution in [-0.2, 0) is 4.74 Å². The highest BCUT2D eigenvalue weighted by molar-refractivity contribution is 5.87. The van der Waals surface area contributed by atoms with Crippen LogP contribution in [0.4, 0.5) is 15.0 Å². The Bertz CT molecular complexity index is 1070. The number of anilines is 1. The molecular weight excluding hydrogens is 399 g/mol. The van der Waals surface area contributed by atoms with Crippen molar-refractivity contribution in [2.75, 3.05) is 5.32 Å². The van der Waals surface area contributed by atoms with Crippen LogP contribution in [0.5, 0.6) is 0 Å². The summed E-state index contributed by atoms with van der Waals surface area (Å²) in [7, 11) is 0. The van der Waals surface area contributed by atoms with Crippen molar-refractivity contribution < 1.29 is 13.9 Å². The fourth-order valence-corrected chi connectivity index (χ4v) is 3.81. The number of nitrogens with one attached hydrogen (secondary N) is 2. The van der Waals surface area contributed by atoms with Crippen LogP contribution in [0, 0.1) is 5.82 Å². The monoisotopic (exact) mass is 426 g/mol. The highest BCUT2D eigenvalue weighted by atomic mass is 19.1. The van der Waals surface area contributed by atoms with Gasteiger partial charge in [0.15, 0.2) is 5.65 Å². The summed E-state index contributed by atoms with van der Waals surface area (Å²) >= 11 is 0. The van der Waals surface area contributed by atoms with Crippen LogP contribution in [-0.4, -0.2) is 43.5 Å². The van der Waals surface area contributed by atoms with Crippen LogP contribution in [0.15, 0.2) is 36.8 Å². The Hall–Kier alpha value is -3.23. The number of carbonyl (C=O) groups excluding carboxylic acids is 1. The minimum absolute atomic E-state index is 0.106. The fourth-order valence-electron chi connectivity index (χ4n) is 3.81. The Kier molecular flexibility index (Phi) is 5.75. The number of hydrogen-bond donors (Lipinski definition) is 2. The number of carbonyl (C=O) groups is 1. The molecule has 1 aromatic carbocycles. The van der Waals surface area contributed by atoms with Crippen molar-refractivity contribution in [3.8, 4) is 5.69 Å². The summed E-state index contributed by atoms with van der Waals surface area (Å²) in [5.41, 5.74) is 0.716. The predicted molar refractivity (Wildman–Crippen MR) is 116 cm³/mol. The van der Waals surface area contributed by atoms with E-state index < -0.39 is 5.60 Å².